The molecule has 0 aliphatic heterocycles. The SMILES string of the molecule is O=C(CC1CC2CCC1C2)NC1(CO)CCCCC1. The standard InChI is InChI=1S/C16H27NO2/c18-11-16(6-2-1-3-7-16)17-15(19)10-14-9-12-4-5-13(14)8-12/h12-14,18H,1-11H2,(H,17,19). The first kappa shape index (κ1) is 13.4. The van der Waals surface area contributed by atoms with Gasteiger partial charge in [0.25, 0.3) is 0 Å². The zero-order valence-electron chi connectivity index (χ0n) is 11.9. The number of rotatable bonds is 4. The second-order valence-corrected chi connectivity index (χ2v) is 7.19. The number of fused-ring (bicyclic) bond motifs is 2. The summed E-state index contributed by atoms with van der Waals surface area (Å²) in [5.41, 5.74) is -0.299. The van der Waals surface area contributed by atoms with E-state index in [1.807, 2.05) is 0 Å². The van der Waals surface area contributed by atoms with E-state index in [1.165, 1.54) is 32.1 Å². The van der Waals surface area contributed by atoms with E-state index in [1.54, 1.807) is 0 Å². The third-order valence-electron chi connectivity index (χ3n) is 5.85. The van der Waals surface area contributed by atoms with E-state index in [0.29, 0.717) is 12.3 Å². The Morgan fingerprint density at radius 3 is 2.53 bits per heavy atom. The van der Waals surface area contributed by atoms with Crippen molar-refractivity contribution in [1.29, 1.82) is 0 Å². The van der Waals surface area contributed by atoms with Gasteiger partial charge < -0.3 is 10.4 Å². The summed E-state index contributed by atoms with van der Waals surface area (Å²) in [4.78, 5) is 12.3. The molecule has 3 heteroatoms. The van der Waals surface area contributed by atoms with Gasteiger partial charge in [-0.1, -0.05) is 25.7 Å². The topological polar surface area (TPSA) is 49.3 Å². The summed E-state index contributed by atoms with van der Waals surface area (Å²) in [5.74, 6) is 2.53. The Morgan fingerprint density at radius 1 is 1.16 bits per heavy atom. The zero-order chi connectivity index (χ0) is 13.3. The normalized spacial score (nSPS) is 36.4. The molecule has 0 radical (unpaired) electrons. The summed E-state index contributed by atoms with van der Waals surface area (Å²) >= 11 is 0. The van der Waals surface area contributed by atoms with Gasteiger partial charge >= 0.3 is 0 Å². The van der Waals surface area contributed by atoms with Crippen molar-refractivity contribution in [3.63, 3.8) is 0 Å². The van der Waals surface area contributed by atoms with Crippen LogP contribution < -0.4 is 5.32 Å². The average molecular weight is 265 g/mol. The molecule has 3 rings (SSSR count). The number of nitrogens with one attached hydrogen (secondary N) is 1. The van der Waals surface area contributed by atoms with Crippen molar-refractivity contribution in [3.05, 3.63) is 0 Å². The predicted octanol–water partition coefficient (Wildman–Crippen LogP) is 2.62. The molecule has 0 aromatic rings. The largest absolute Gasteiger partial charge is 0.394 e. The molecule has 3 aliphatic rings. The lowest BCUT2D eigenvalue weighted by molar-refractivity contribution is -0.125. The monoisotopic (exact) mass is 265 g/mol. The smallest absolute Gasteiger partial charge is 0.220 e. The van der Waals surface area contributed by atoms with Crippen LogP contribution in [0, 0.1) is 17.8 Å². The van der Waals surface area contributed by atoms with Crippen LogP contribution >= 0.6 is 0 Å². The Bertz CT molecular complexity index is 336. The van der Waals surface area contributed by atoms with E-state index in [0.717, 1.165) is 37.5 Å². The van der Waals surface area contributed by atoms with Gasteiger partial charge in [0.2, 0.25) is 5.91 Å². The molecule has 0 aromatic carbocycles. The van der Waals surface area contributed by atoms with Crippen LogP contribution in [0.3, 0.4) is 0 Å². The maximum absolute atomic E-state index is 12.3. The Balaban J connectivity index is 1.52. The van der Waals surface area contributed by atoms with Crippen LogP contribution in [0.4, 0.5) is 0 Å². The molecule has 0 spiro atoms. The molecule has 3 atom stereocenters. The fourth-order valence-corrected chi connectivity index (χ4v) is 4.76. The summed E-state index contributed by atoms with van der Waals surface area (Å²) in [6.07, 6.45) is 11.5. The van der Waals surface area contributed by atoms with Crippen molar-refractivity contribution >= 4 is 5.91 Å². The molecule has 3 nitrogen and oxygen atoms in total. The van der Waals surface area contributed by atoms with Crippen LogP contribution in [0.5, 0.6) is 0 Å². The lowest BCUT2D eigenvalue weighted by Gasteiger charge is -2.37. The molecule has 19 heavy (non-hydrogen) atoms. The average Bonchev–Trinajstić information content (AvgIpc) is 3.02. The van der Waals surface area contributed by atoms with E-state index < -0.39 is 0 Å². The number of carbonyl (C=O) groups is 1. The first-order valence-corrected chi connectivity index (χ1v) is 8.13. The number of hydrogen-bond acceptors (Lipinski definition) is 2. The molecule has 1 amide bonds. The van der Waals surface area contributed by atoms with Crippen molar-refractivity contribution in [2.45, 2.75) is 69.7 Å². The van der Waals surface area contributed by atoms with Crippen molar-refractivity contribution < 1.29 is 9.90 Å². The fraction of sp³-hybridized carbons (Fsp3) is 0.938. The van der Waals surface area contributed by atoms with E-state index in [2.05, 4.69) is 5.32 Å². The van der Waals surface area contributed by atoms with Crippen LogP contribution in [-0.4, -0.2) is 23.2 Å². The Labute approximate surface area is 116 Å². The first-order valence-electron chi connectivity index (χ1n) is 8.13. The third-order valence-corrected chi connectivity index (χ3v) is 5.85. The number of carbonyl (C=O) groups excluding carboxylic acids is 1. The predicted molar refractivity (Wildman–Crippen MR) is 74.6 cm³/mol. The van der Waals surface area contributed by atoms with Gasteiger partial charge in [0.15, 0.2) is 0 Å². The minimum atomic E-state index is -0.299. The van der Waals surface area contributed by atoms with Gasteiger partial charge in [0.05, 0.1) is 12.1 Å². The van der Waals surface area contributed by atoms with Gasteiger partial charge in [-0.25, -0.2) is 0 Å². The Kier molecular flexibility index (Phi) is 3.84. The summed E-state index contributed by atoms with van der Waals surface area (Å²) in [6, 6.07) is 0. The lowest BCUT2D eigenvalue weighted by atomic mass is 9.81. The fourth-order valence-electron chi connectivity index (χ4n) is 4.76. The first-order chi connectivity index (χ1) is 9.21. The number of amides is 1. The van der Waals surface area contributed by atoms with Gasteiger partial charge in [0, 0.05) is 6.42 Å². The van der Waals surface area contributed by atoms with Gasteiger partial charge in [-0.3, -0.25) is 4.79 Å². The van der Waals surface area contributed by atoms with Crippen molar-refractivity contribution in [2.24, 2.45) is 17.8 Å². The minimum absolute atomic E-state index is 0.107. The summed E-state index contributed by atoms with van der Waals surface area (Å²) in [5, 5.41) is 12.8. The molecular weight excluding hydrogens is 238 g/mol. The molecular formula is C16H27NO2. The van der Waals surface area contributed by atoms with Crippen LogP contribution in [0.2, 0.25) is 0 Å². The highest BCUT2D eigenvalue weighted by atomic mass is 16.3. The molecule has 108 valence electrons. The van der Waals surface area contributed by atoms with Crippen molar-refractivity contribution in [1.82, 2.24) is 5.32 Å². The maximum atomic E-state index is 12.3. The quantitative estimate of drug-likeness (QED) is 0.821. The van der Waals surface area contributed by atoms with E-state index >= 15 is 0 Å². The number of hydrogen-bond donors (Lipinski definition) is 2. The van der Waals surface area contributed by atoms with E-state index in [9.17, 15) is 9.90 Å². The van der Waals surface area contributed by atoms with E-state index in [-0.39, 0.29) is 18.1 Å². The Hall–Kier alpha value is -0.570. The second kappa shape index (κ2) is 5.43. The molecule has 2 bridgehead atoms. The highest BCUT2D eigenvalue weighted by molar-refractivity contribution is 5.77. The zero-order valence-corrected chi connectivity index (χ0v) is 11.9. The molecule has 2 N–H and O–H groups in total. The highest BCUT2D eigenvalue weighted by Crippen LogP contribution is 2.49. The van der Waals surface area contributed by atoms with Crippen LogP contribution in [0.1, 0.15) is 64.2 Å². The molecule has 3 saturated carbocycles. The van der Waals surface area contributed by atoms with Crippen LogP contribution in [0.25, 0.3) is 0 Å². The highest BCUT2D eigenvalue weighted by Gasteiger charge is 2.41. The lowest BCUT2D eigenvalue weighted by Crippen LogP contribution is -2.52. The van der Waals surface area contributed by atoms with Gasteiger partial charge in [-0.2, -0.15) is 0 Å². The second-order valence-electron chi connectivity index (χ2n) is 7.19. The van der Waals surface area contributed by atoms with Crippen LogP contribution in [-0.2, 0) is 4.79 Å². The Morgan fingerprint density at radius 2 is 1.95 bits per heavy atom. The summed E-state index contributed by atoms with van der Waals surface area (Å²) < 4.78 is 0. The summed E-state index contributed by atoms with van der Waals surface area (Å²) in [6.45, 7) is 0.107. The van der Waals surface area contributed by atoms with Crippen molar-refractivity contribution in [3.8, 4) is 0 Å². The van der Waals surface area contributed by atoms with E-state index in [4.69, 9.17) is 0 Å². The number of aliphatic hydroxyl groups is 1. The molecule has 3 aliphatic carbocycles. The third kappa shape index (κ3) is 2.81. The molecule has 0 aromatic heterocycles. The van der Waals surface area contributed by atoms with Gasteiger partial charge in [0.1, 0.15) is 0 Å². The number of aliphatic hydroxyl groups excluding tert-OH is 1. The molecule has 3 unspecified atom stereocenters. The maximum Gasteiger partial charge on any atom is 0.220 e. The van der Waals surface area contributed by atoms with Crippen molar-refractivity contribution in [2.75, 3.05) is 6.61 Å². The molecule has 3 fully saturated rings. The molecule has 0 saturated heterocycles. The summed E-state index contributed by atoms with van der Waals surface area (Å²) in [7, 11) is 0. The van der Waals surface area contributed by atoms with Gasteiger partial charge in [-0.15, -0.1) is 0 Å². The van der Waals surface area contributed by atoms with Crippen LogP contribution in [0.15, 0.2) is 0 Å². The van der Waals surface area contributed by atoms with Gasteiger partial charge in [-0.05, 0) is 49.9 Å². The molecule has 0 heterocycles. The minimum Gasteiger partial charge on any atom is -0.394 e.